The molecular formula is C15H31NO2. The Hall–Kier alpha value is -0.120. The molecule has 0 radical (unpaired) electrons. The average molecular weight is 257 g/mol. The maximum Gasteiger partial charge on any atom is 0.0700 e. The summed E-state index contributed by atoms with van der Waals surface area (Å²) in [7, 11) is 1.70. The second-order valence-corrected chi connectivity index (χ2v) is 6.15. The van der Waals surface area contributed by atoms with Gasteiger partial charge in [0.05, 0.1) is 13.2 Å². The Bertz CT molecular complexity index is 211. The van der Waals surface area contributed by atoms with Crippen LogP contribution in [0.3, 0.4) is 0 Å². The van der Waals surface area contributed by atoms with E-state index in [4.69, 9.17) is 15.2 Å². The zero-order chi connectivity index (χ0) is 13.4. The molecule has 0 atom stereocenters. The highest BCUT2D eigenvalue weighted by Gasteiger charge is 2.31. The fourth-order valence-electron chi connectivity index (χ4n) is 2.90. The van der Waals surface area contributed by atoms with Crippen LogP contribution in [0.2, 0.25) is 0 Å². The summed E-state index contributed by atoms with van der Waals surface area (Å²) in [6.07, 6.45) is 7.16. The Kier molecular flexibility index (Phi) is 7.20. The molecule has 2 N–H and O–H groups in total. The summed E-state index contributed by atoms with van der Waals surface area (Å²) in [5.41, 5.74) is 6.56. The lowest BCUT2D eigenvalue weighted by atomic mass is 9.72. The lowest BCUT2D eigenvalue weighted by Crippen LogP contribution is -2.44. The van der Waals surface area contributed by atoms with Crippen molar-refractivity contribution >= 4 is 0 Å². The molecule has 0 bridgehead atoms. The smallest absolute Gasteiger partial charge is 0.0700 e. The highest BCUT2D eigenvalue weighted by molar-refractivity contribution is 4.90. The highest BCUT2D eigenvalue weighted by atomic mass is 16.5. The molecular weight excluding hydrogens is 226 g/mol. The van der Waals surface area contributed by atoms with Crippen LogP contribution in [0.4, 0.5) is 0 Å². The number of nitrogens with two attached hydrogens (primary N) is 1. The molecule has 0 aliphatic heterocycles. The summed E-state index contributed by atoms with van der Waals surface area (Å²) in [5, 5.41) is 0. The monoisotopic (exact) mass is 257 g/mol. The molecule has 0 spiro atoms. The molecule has 0 unspecified atom stereocenters. The van der Waals surface area contributed by atoms with E-state index in [1.54, 1.807) is 7.11 Å². The molecule has 0 heterocycles. The Morgan fingerprint density at radius 3 is 2.39 bits per heavy atom. The van der Waals surface area contributed by atoms with Crippen LogP contribution < -0.4 is 5.73 Å². The van der Waals surface area contributed by atoms with Crippen molar-refractivity contribution in [1.29, 1.82) is 0 Å². The van der Waals surface area contributed by atoms with E-state index in [-0.39, 0.29) is 5.54 Å². The van der Waals surface area contributed by atoms with Crippen LogP contribution in [0.1, 0.15) is 52.4 Å². The van der Waals surface area contributed by atoms with E-state index in [1.165, 1.54) is 25.7 Å². The van der Waals surface area contributed by atoms with Gasteiger partial charge in [-0.15, -0.1) is 0 Å². The maximum atomic E-state index is 6.48. The van der Waals surface area contributed by atoms with Gasteiger partial charge in [0.15, 0.2) is 0 Å². The van der Waals surface area contributed by atoms with Crippen LogP contribution in [0.15, 0.2) is 0 Å². The topological polar surface area (TPSA) is 44.5 Å². The molecule has 1 fully saturated rings. The van der Waals surface area contributed by atoms with Crippen LogP contribution in [0, 0.1) is 11.8 Å². The van der Waals surface area contributed by atoms with Crippen molar-refractivity contribution in [2.45, 2.75) is 57.9 Å². The molecule has 18 heavy (non-hydrogen) atoms. The zero-order valence-electron chi connectivity index (χ0n) is 12.4. The number of hydrogen-bond donors (Lipinski definition) is 1. The molecule has 3 nitrogen and oxygen atoms in total. The van der Waals surface area contributed by atoms with Gasteiger partial charge in [-0.05, 0) is 50.4 Å². The van der Waals surface area contributed by atoms with E-state index in [2.05, 4.69) is 13.8 Å². The normalized spacial score (nSPS) is 28.8. The van der Waals surface area contributed by atoms with Crippen LogP contribution in [0.25, 0.3) is 0 Å². The third kappa shape index (κ3) is 5.68. The zero-order valence-corrected chi connectivity index (χ0v) is 12.4. The molecule has 108 valence electrons. The van der Waals surface area contributed by atoms with Crippen LogP contribution in [-0.4, -0.2) is 32.5 Å². The summed E-state index contributed by atoms with van der Waals surface area (Å²) in [4.78, 5) is 0. The van der Waals surface area contributed by atoms with Gasteiger partial charge < -0.3 is 15.2 Å². The number of methoxy groups -OCH3 is 1. The molecule has 1 aliphatic rings. The molecule has 1 aliphatic carbocycles. The second kappa shape index (κ2) is 8.13. The van der Waals surface area contributed by atoms with E-state index in [0.29, 0.717) is 13.2 Å². The lowest BCUT2D eigenvalue weighted by molar-refractivity contribution is 0.0641. The van der Waals surface area contributed by atoms with Crippen molar-refractivity contribution in [3.63, 3.8) is 0 Å². The van der Waals surface area contributed by atoms with Crippen molar-refractivity contribution in [2.24, 2.45) is 17.6 Å². The Morgan fingerprint density at radius 1 is 1.17 bits per heavy atom. The predicted molar refractivity (Wildman–Crippen MR) is 75.6 cm³/mol. The first-order chi connectivity index (χ1) is 8.57. The van der Waals surface area contributed by atoms with Gasteiger partial charge in [0.1, 0.15) is 0 Å². The third-order valence-corrected chi connectivity index (χ3v) is 4.36. The molecule has 0 saturated heterocycles. The maximum absolute atomic E-state index is 6.48. The van der Waals surface area contributed by atoms with E-state index >= 15 is 0 Å². The standard InChI is InChI=1S/C15H31NO2/c1-13(2)14-5-8-15(16,9-6-14)7-4-10-18-12-11-17-3/h13-14H,4-12,16H2,1-3H3. The second-order valence-electron chi connectivity index (χ2n) is 6.15. The van der Waals surface area contributed by atoms with Gasteiger partial charge >= 0.3 is 0 Å². The van der Waals surface area contributed by atoms with Gasteiger partial charge in [-0.25, -0.2) is 0 Å². The highest BCUT2D eigenvalue weighted by Crippen LogP contribution is 2.36. The van der Waals surface area contributed by atoms with Gasteiger partial charge in [0.2, 0.25) is 0 Å². The van der Waals surface area contributed by atoms with E-state index in [1.807, 2.05) is 0 Å². The van der Waals surface area contributed by atoms with Gasteiger partial charge in [-0.3, -0.25) is 0 Å². The predicted octanol–water partition coefficient (Wildman–Crippen LogP) is 2.97. The Balaban J connectivity index is 2.11. The quantitative estimate of drug-likeness (QED) is 0.680. The largest absolute Gasteiger partial charge is 0.382 e. The number of ether oxygens (including phenoxy) is 2. The van der Waals surface area contributed by atoms with Crippen molar-refractivity contribution in [3.8, 4) is 0 Å². The van der Waals surface area contributed by atoms with Gasteiger partial charge in [0.25, 0.3) is 0 Å². The molecule has 0 amide bonds. The molecule has 1 rings (SSSR count). The van der Waals surface area contributed by atoms with Crippen molar-refractivity contribution < 1.29 is 9.47 Å². The van der Waals surface area contributed by atoms with Gasteiger partial charge in [-0.1, -0.05) is 13.8 Å². The number of rotatable bonds is 8. The lowest BCUT2D eigenvalue weighted by Gasteiger charge is -2.38. The number of hydrogen-bond acceptors (Lipinski definition) is 3. The van der Waals surface area contributed by atoms with Crippen LogP contribution in [0.5, 0.6) is 0 Å². The minimum absolute atomic E-state index is 0.0794. The first kappa shape index (κ1) is 15.9. The Morgan fingerprint density at radius 2 is 1.83 bits per heavy atom. The van der Waals surface area contributed by atoms with E-state index in [0.717, 1.165) is 31.3 Å². The summed E-state index contributed by atoms with van der Waals surface area (Å²) in [5.74, 6) is 1.70. The van der Waals surface area contributed by atoms with Crippen molar-refractivity contribution in [1.82, 2.24) is 0 Å². The van der Waals surface area contributed by atoms with Crippen molar-refractivity contribution in [3.05, 3.63) is 0 Å². The molecule has 1 saturated carbocycles. The first-order valence-corrected chi connectivity index (χ1v) is 7.43. The van der Waals surface area contributed by atoms with Crippen molar-refractivity contribution in [2.75, 3.05) is 26.9 Å². The molecule has 0 aromatic carbocycles. The SMILES string of the molecule is COCCOCCCC1(N)CCC(C(C)C)CC1. The van der Waals surface area contributed by atoms with Crippen LogP contribution >= 0.6 is 0 Å². The molecule has 3 heteroatoms. The Labute approximate surface area is 112 Å². The molecule has 0 aromatic rings. The average Bonchev–Trinajstić information content (AvgIpc) is 2.34. The van der Waals surface area contributed by atoms with E-state index < -0.39 is 0 Å². The fourth-order valence-corrected chi connectivity index (χ4v) is 2.90. The minimum Gasteiger partial charge on any atom is -0.382 e. The minimum atomic E-state index is 0.0794. The third-order valence-electron chi connectivity index (χ3n) is 4.36. The van der Waals surface area contributed by atoms with E-state index in [9.17, 15) is 0 Å². The summed E-state index contributed by atoms with van der Waals surface area (Å²) in [6.45, 7) is 6.86. The van der Waals surface area contributed by atoms with Gasteiger partial charge in [-0.2, -0.15) is 0 Å². The fraction of sp³-hybridized carbons (Fsp3) is 1.00. The van der Waals surface area contributed by atoms with Gasteiger partial charge in [0, 0.05) is 19.3 Å². The van der Waals surface area contributed by atoms with Crippen LogP contribution in [-0.2, 0) is 9.47 Å². The summed E-state index contributed by atoms with van der Waals surface area (Å²) >= 11 is 0. The summed E-state index contributed by atoms with van der Waals surface area (Å²) in [6, 6.07) is 0. The summed E-state index contributed by atoms with van der Waals surface area (Å²) < 4.78 is 10.4. The molecule has 0 aromatic heterocycles. The first-order valence-electron chi connectivity index (χ1n) is 7.43.